The highest BCUT2D eigenvalue weighted by molar-refractivity contribution is 5.35. The monoisotopic (exact) mass is 273 g/mol. The first-order valence-electron chi connectivity index (χ1n) is 6.10. The van der Waals surface area contributed by atoms with Gasteiger partial charge in [-0.25, -0.2) is 8.78 Å². The summed E-state index contributed by atoms with van der Waals surface area (Å²) in [6.45, 7) is 1.53. The van der Waals surface area contributed by atoms with Gasteiger partial charge in [-0.05, 0) is 36.2 Å². The Morgan fingerprint density at radius 3 is 2.40 bits per heavy atom. The molecule has 2 aromatic carbocycles. The largest absolute Gasteiger partial charge is 0.385 e. The van der Waals surface area contributed by atoms with Crippen LogP contribution in [0, 0.1) is 23.0 Å². The normalized spacial score (nSPS) is 13.6. The molecule has 20 heavy (non-hydrogen) atoms. The van der Waals surface area contributed by atoms with Gasteiger partial charge in [0, 0.05) is 6.42 Å². The van der Waals surface area contributed by atoms with Gasteiger partial charge in [0.15, 0.2) is 11.6 Å². The van der Waals surface area contributed by atoms with E-state index in [1.165, 1.54) is 19.1 Å². The lowest BCUT2D eigenvalue weighted by atomic mass is 9.88. The third-order valence-electron chi connectivity index (χ3n) is 3.20. The van der Waals surface area contributed by atoms with Crippen LogP contribution in [-0.2, 0) is 12.0 Å². The number of rotatable bonds is 3. The fourth-order valence-corrected chi connectivity index (χ4v) is 2.06. The number of hydrogen-bond donors (Lipinski definition) is 1. The fourth-order valence-electron chi connectivity index (χ4n) is 2.06. The molecule has 0 bridgehead atoms. The van der Waals surface area contributed by atoms with E-state index in [2.05, 4.69) is 0 Å². The van der Waals surface area contributed by atoms with Crippen LogP contribution in [0.25, 0.3) is 0 Å². The number of benzene rings is 2. The van der Waals surface area contributed by atoms with E-state index in [9.17, 15) is 13.9 Å². The SMILES string of the molecule is CC(O)(Cc1cccc(F)c1F)c1ccc(C#N)cc1. The minimum Gasteiger partial charge on any atom is -0.385 e. The summed E-state index contributed by atoms with van der Waals surface area (Å²) >= 11 is 0. The van der Waals surface area contributed by atoms with Crippen LogP contribution in [0.1, 0.15) is 23.6 Å². The average Bonchev–Trinajstić information content (AvgIpc) is 2.44. The Kier molecular flexibility index (Phi) is 3.82. The minimum atomic E-state index is -1.34. The lowest BCUT2D eigenvalue weighted by molar-refractivity contribution is 0.0565. The van der Waals surface area contributed by atoms with Crippen molar-refractivity contribution in [3.05, 3.63) is 70.8 Å². The Labute approximate surface area is 115 Å². The maximum atomic E-state index is 13.6. The van der Waals surface area contributed by atoms with E-state index in [1.54, 1.807) is 24.3 Å². The van der Waals surface area contributed by atoms with Crippen molar-refractivity contribution in [2.75, 3.05) is 0 Å². The summed E-state index contributed by atoms with van der Waals surface area (Å²) < 4.78 is 26.8. The molecule has 0 aliphatic heterocycles. The zero-order valence-corrected chi connectivity index (χ0v) is 10.9. The molecular formula is C16H13F2NO. The first-order chi connectivity index (χ1) is 9.44. The van der Waals surface area contributed by atoms with E-state index in [0.717, 1.165) is 6.07 Å². The molecule has 2 rings (SSSR count). The molecule has 102 valence electrons. The molecule has 0 fully saturated rings. The molecule has 2 nitrogen and oxygen atoms in total. The molecule has 0 saturated carbocycles. The van der Waals surface area contributed by atoms with Crippen LogP contribution in [0.2, 0.25) is 0 Å². The molecule has 0 aliphatic rings. The minimum absolute atomic E-state index is 0.0531. The zero-order chi connectivity index (χ0) is 14.8. The zero-order valence-electron chi connectivity index (χ0n) is 10.9. The van der Waals surface area contributed by atoms with Gasteiger partial charge in [0.1, 0.15) is 0 Å². The van der Waals surface area contributed by atoms with E-state index in [1.807, 2.05) is 6.07 Å². The summed E-state index contributed by atoms with van der Waals surface area (Å²) in [7, 11) is 0. The van der Waals surface area contributed by atoms with Crippen LogP contribution in [0.3, 0.4) is 0 Å². The van der Waals surface area contributed by atoms with Gasteiger partial charge in [-0.1, -0.05) is 24.3 Å². The van der Waals surface area contributed by atoms with Crippen LogP contribution in [0.15, 0.2) is 42.5 Å². The molecule has 1 atom stereocenters. The summed E-state index contributed by atoms with van der Waals surface area (Å²) in [5, 5.41) is 19.2. The van der Waals surface area contributed by atoms with Crippen LogP contribution >= 0.6 is 0 Å². The molecule has 1 unspecified atom stereocenters. The Hall–Kier alpha value is -2.25. The maximum absolute atomic E-state index is 13.6. The molecule has 2 aromatic rings. The molecule has 0 saturated heterocycles. The molecule has 0 aliphatic carbocycles. The first kappa shape index (κ1) is 14.2. The summed E-state index contributed by atoms with van der Waals surface area (Å²) in [6, 6.07) is 12.2. The molecule has 1 N–H and O–H groups in total. The van der Waals surface area contributed by atoms with Crippen molar-refractivity contribution in [1.29, 1.82) is 5.26 Å². The number of halogens is 2. The molecule has 0 spiro atoms. The summed E-state index contributed by atoms with van der Waals surface area (Å²) in [4.78, 5) is 0. The number of nitriles is 1. The lowest BCUT2D eigenvalue weighted by Gasteiger charge is -2.24. The summed E-state index contributed by atoms with van der Waals surface area (Å²) in [5.41, 5.74) is -0.219. The highest BCUT2D eigenvalue weighted by atomic mass is 19.2. The van der Waals surface area contributed by atoms with Gasteiger partial charge in [-0.15, -0.1) is 0 Å². The van der Waals surface area contributed by atoms with Crippen molar-refractivity contribution in [3.63, 3.8) is 0 Å². The van der Waals surface area contributed by atoms with E-state index in [-0.39, 0.29) is 12.0 Å². The third-order valence-corrected chi connectivity index (χ3v) is 3.20. The molecule has 0 heterocycles. The first-order valence-corrected chi connectivity index (χ1v) is 6.10. The average molecular weight is 273 g/mol. The smallest absolute Gasteiger partial charge is 0.162 e. The van der Waals surface area contributed by atoms with Crippen LogP contribution in [0.4, 0.5) is 8.78 Å². The second-order valence-electron chi connectivity index (χ2n) is 4.85. The van der Waals surface area contributed by atoms with Gasteiger partial charge in [-0.2, -0.15) is 5.26 Å². The molecule has 4 heteroatoms. The second-order valence-corrected chi connectivity index (χ2v) is 4.85. The Balaban J connectivity index is 2.30. The number of aliphatic hydroxyl groups is 1. The Bertz CT molecular complexity index is 657. The van der Waals surface area contributed by atoms with Crippen molar-refractivity contribution in [1.82, 2.24) is 0 Å². The molecule has 0 radical (unpaired) electrons. The number of hydrogen-bond acceptors (Lipinski definition) is 2. The quantitative estimate of drug-likeness (QED) is 0.932. The lowest BCUT2D eigenvalue weighted by Crippen LogP contribution is -2.25. The van der Waals surface area contributed by atoms with Crippen LogP contribution < -0.4 is 0 Å². The van der Waals surface area contributed by atoms with Crippen LogP contribution in [0.5, 0.6) is 0 Å². The van der Waals surface area contributed by atoms with E-state index >= 15 is 0 Å². The second kappa shape index (κ2) is 5.40. The van der Waals surface area contributed by atoms with Gasteiger partial charge < -0.3 is 5.11 Å². The Morgan fingerprint density at radius 1 is 1.15 bits per heavy atom. The van der Waals surface area contributed by atoms with Crippen molar-refractivity contribution >= 4 is 0 Å². The third kappa shape index (κ3) is 2.84. The fraction of sp³-hybridized carbons (Fsp3) is 0.188. The van der Waals surface area contributed by atoms with Crippen LogP contribution in [-0.4, -0.2) is 5.11 Å². The Morgan fingerprint density at radius 2 is 1.80 bits per heavy atom. The number of nitrogens with zero attached hydrogens (tertiary/aromatic N) is 1. The van der Waals surface area contributed by atoms with Gasteiger partial charge >= 0.3 is 0 Å². The van der Waals surface area contributed by atoms with E-state index in [0.29, 0.717) is 11.1 Å². The van der Waals surface area contributed by atoms with Gasteiger partial charge in [0.05, 0.1) is 17.2 Å². The van der Waals surface area contributed by atoms with Gasteiger partial charge in [0.25, 0.3) is 0 Å². The summed E-state index contributed by atoms with van der Waals surface area (Å²) in [5.74, 6) is -1.88. The predicted molar refractivity (Wildman–Crippen MR) is 70.8 cm³/mol. The highest BCUT2D eigenvalue weighted by Crippen LogP contribution is 2.27. The van der Waals surface area contributed by atoms with Gasteiger partial charge in [0.2, 0.25) is 0 Å². The molecule has 0 amide bonds. The standard InChI is InChI=1S/C16H13F2NO/c1-16(20,13-7-5-11(10-19)6-8-13)9-12-3-2-4-14(17)15(12)18/h2-8,20H,9H2,1H3. The predicted octanol–water partition coefficient (Wildman–Crippen LogP) is 3.29. The maximum Gasteiger partial charge on any atom is 0.162 e. The van der Waals surface area contributed by atoms with Crippen molar-refractivity contribution < 1.29 is 13.9 Å². The van der Waals surface area contributed by atoms with Crippen molar-refractivity contribution in [2.45, 2.75) is 18.9 Å². The molecule has 0 aromatic heterocycles. The van der Waals surface area contributed by atoms with Crippen molar-refractivity contribution in [2.24, 2.45) is 0 Å². The van der Waals surface area contributed by atoms with Crippen molar-refractivity contribution in [3.8, 4) is 6.07 Å². The summed E-state index contributed by atoms with van der Waals surface area (Å²) in [6.07, 6.45) is -0.0531. The van der Waals surface area contributed by atoms with E-state index < -0.39 is 17.2 Å². The van der Waals surface area contributed by atoms with E-state index in [4.69, 9.17) is 5.26 Å². The van der Waals surface area contributed by atoms with Gasteiger partial charge in [-0.3, -0.25) is 0 Å². The highest BCUT2D eigenvalue weighted by Gasteiger charge is 2.25. The topological polar surface area (TPSA) is 44.0 Å². The molecular weight excluding hydrogens is 260 g/mol.